The Balaban J connectivity index is 1.34. The number of nitrogens with zero attached hydrogens (tertiary/aromatic N) is 4. The zero-order valence-corrected chi connectivity index (χ0v) is 16.8. The zero-order chi connectivity index (χ0) is 20.2. The van der Waals surface area contributed by atoms with Gasteiger partial charge in [0.15, 0.2) is 0 Å². The van der Waals surface area contributed by atoms with E-state index in [2.05, 4.69) is 25.4 Å². The molecule has 3 aromatic rings. The average molecular weight is 412 g/mol. The van der Waals surface area contributed by atoms with E-state index < -0.39 is 0 Å². The van der Waals surface area contributed by atoms with Gasteiger partial charge in [-0.05, 0) is 63.2 Å². The second kappa shape index (κ2) is 8.71. The Labute approximate surface area is 174 Å². The zero-order valence-electron chi connectivity index (χ0n) is 16.1. The molecule has 1 aliphatic rings. The van der Waals surface area contributed by atoms with Gasteiger partial charge in [0.2, 0.25) is 17.7 Å². The Morgan fingerprint density at radius 2 is 2.03 bits per heavy atom. The summed E-state index contributed by atoms with van der Waals surface area (Å²) in [5.74, 6) is 1.62. The number of benzene rings is 1. The normalized spacial score (nSPS) is 16.5. The van der Waals surface area contributed by atoms with Gasteiger partial charge in [-0.1, -0.05) is 23.7 Å². The Bertz CT molecular complexity index is 970. The van der Waals surface area contributed by atoms with Crippen LogP contribution in [0.25, 0.3) is 11.5 Å². The van der Waals surface area contributed by atoms with Crippen molar-refractivity contribution < 1.29 is 9.21 Å². The summed E-state index contributed by atoms with van der Waals surface area (Å²) in [4.78, 5) is 18.9. The van der Waals surface area contributed by atoms with Crippen LogP contribution in [0.2, 0.25) is 5.02 Å². The topological polar surface area (TPSA) is 84.2 Å². The molecule has 1 fully saturated rings. The number of hydrogen-bond donors (Lipinski definition) is 1. The highest BCUT2D eigenvalue weighted by atomic mass is 35.5. The summed E-state index contributed by atoms with van der Waals surface area (Å²) < 4.78 is 5.88. The molecule has 1 aromatic carbocycles. The van der Waals surface area contributed by atoms with E-state index in [1.807, 2.05) is 31.2 Å². The molecule has 1 atom stereocenters. The molecule has 1 amide bonds. The van der Waals surface area contributed by atoms with Gasteiger partial charge in [0.1, 0.15) is 5.82 Å². The number of carbonyl (C=O) groups excluding carboxylic acids is 1. The SMILES string of the molecule is CC(c1nnc(-c2cccc(Cl)c2)o1)N1CCC(C(=O)Nc2ccccn2)CC1. The average Bonchev–Trinajstić information content (AvgIpc) is 3.24. The van der Waals surface area contributed by atoms with E-state index in [1.54, 1.807) is 24.4 Å². The smallest absolute Gasteiger partial charge is 0.247 e. The van der Waals surface area contributed by atoms with Crippen LogP contribution in [0.15, 0.2) is 53.1 Å². The maximum absolute atomic E-state index is 12.5. The number of likely N-dealkylation sites (tertiary alicyclic amines) is 1. The van der Waals surface area contributed by atoms with Crippen molar-refractivity contribution in [3.63, 3.8) is 0 Å². The van der Waals surface area contributed by atoms with Crippen molar-refractivity contribution in [2.24, 2.45) is 5.92 Å². The molecule has 1 N–H and O–H groups in total. The number of pyridine rings is 1. The van der Waals surface area contributed by atoms with Gasteiger partial charge in [0.25, 0.3) is 0 Å². The summed E-state index contributed by atoms with van der Waals surface area (Å²) in [6.07, 6.45) is 3.22. The van der Waals surface area contributed by atoms with Crippen molar-refractivity contribution in [2.45, 2.75) is 25.8 Å². The van der Waals surface area contributed by atoms with Gasteiger partial charge in [0.05, 0.1) is 6.04 Å². The van der Waals surface area contributed by atoms with E-state index in [4.69, 9.17) is 16.0 Å². The highest BCUT2D eigenvalue weighted by Gasteiger charge is 2.30. The number of hydrogen-bond acceptors (Lipinski definition) is 6. The lowest BCUT2D eigenvalue weighted by molar-refractivity contribution is -0.121. The molecule has 150 valence electrons. The summed E-state index contributed by atoms with van der Waals surface area (Å²) in [5.41, 5.74) is 0.799. The first-order valence-electron chi connectivity index (χ1n) is 9.65. The molecule has 2 aromatic heterocycles. The predicted octanol–water partition coefficient (Wildman–Crippen LogP) is 4.20. The van der Waals surface area contributed by atoms with Crippen molar-refractivity contribution in [3.05, 3.63) is 59.6 Å². The van der Waals surface area contributed by atoms with E-state index in [-0.39, 0.29) is 17.9 Å². The highest BCUT2D eigenvalue weighted by Crippen LogP contribution is 2.29. The van der Waals surface area contributed by atoms with E-state index in [1.165, 1.54) is 0 Å². The molecule has 1 unspecified atom stereocenters. The van der Waals surface area contributed by atoms with Crippen LogP contribution in [-0.4, -0.2) is 39.1 Å². The van der Waals surface area contributed by atoms with Crippen LogP contribution in [-0.2, 0) is 4.79 Å². The molecule has 0 aliphatic carbocycles. The van der Waals surface area contributed by atoms with E-state index in [0.717, 1.165) is 31.5 Å². The largest absolute Gasteiger partial charge is 0.419 e. The first-order valence-corrected chi connectivity index (χ1v) is 10.0. The Morgan fingerprint density at radius 3 is 2.76 bits per heavy atom. The summed E-state index contributed by atoms with van der Waals surface area (Å²) in [7, 11) is 0. The van der Waals surface area contributed by atoms with Crippen molar-refractivity contribution in [1.29, 1.82) is 0 Å². The second-order valence-corrected chi connectivity index (χ2v) is 7.58. The fourth-order valence-electron chi connectivity index (χ4n) is 3.51. The third-order valence-corrected chi connectivity index (χ3v) is 5.47. The number of rotatable bonds is 5. The fourth-order valence-corrected chi connectivity index (χ4v) is 3.70. The second-order valence-electron chi connectivity index (χ2n) is 7.15. The third-order valence-electron chi connectivity index (χ3n) is 5.23. The number of nitrogens with one attached hydrogen (secondary N) is 1. The lowest BCUT2D eigenvalue weighted by Gasteiger charge is -2.33. The van der Waals surface area contributed by atoms with Crippen molar-refractivity contribution in [2.75, 3.05) is 18.4 Å². The lowest BCUT2D eigenvalue weighted by atomic mass is 9.95. The lowest BCUT2D eigenvalue weighted by Crippen LogP contribution is -2.39. The minimum Gasteiger partial charge on any atom is -0.419 e. The van der Waals surface area contributed by atoms with Crippen LogP contribution in [0.5, 0.6) is 0 Å². The van der Waals surface area contributed by atoms with E-state index in [0.29, 0.717) is 22.6 Å². The standard InChI is InChI=1S/C21H22ClN5O2/c1-14(20-25-26-21(29-20)16-5-4-6-17(22)13-16)27-11-8-15(9-12-27)19(28)24-18-7-2-3-10-23-18/h2-7,10,13-15H,8-9,11-12H2,1H3,(H,23,24,28). The van der Waals surface area contributed by atoms with Gasteiger partial charge in [-0.3, -0.25) is 9.69 Å². The summed E-state index contributed by atoms with van der Waals surface area (Å²) in [6.45, 7) is 3.62. The maximum Gasteiger partial charge on any atom is 0.247 e. The van der Waals surface area contributed by atoms with Crippen molar-refractivity contribution >= 4 is 23.3 Å². The summed E-state index contributed by atoms with van der Waals surface area (Å²) >= 11 is 6.04. The number of piperidine rings is 1. The van der Waals surface area contributed by atoms with Gasteiger partial charge in [-0.15, -0.1) is 10.2 Å². The molecule has 4 rings (SSSR count). The molecule has 1 aliphatic heterocycles. The van der Waals surface area contributed by atoms with E-state index >= 15 is 0 Å². The van der Waals surface area contributed by atoms with Crippen LogP contribution in [0.4, 0.5) is 5.82 Å². The first kappa shape index (κ1) is 19.5. The van der Waals surface area contributed by atoms with Gasteiger partial charge in [-0.25, -0.2) is 4.98 Å². The molecule has 3 heterocycles. The number of amides is 1. The Morgan fingerprint density at radius 1 is 1.21 bits per heavy atom. The van der Waals surface area contributed by atoms with Gasteiger partial charge >= 0.3 is 0 Å². The molecule has 8 heteroatoms. The molecular formula is C21H22ClN5O2. The van der Waals surface area contributed by atoms with Crippen molar-refractivity contribution in [3.8, 4) is 11.5 Å². The molecule has 0 spiro atoms. The minimum absolute atomic E-state index is 0.0183. The first-order chi connectivity index (χ1) is 14.1. The minimum atomic E-state index is -0.0230. The van der Waals surface area contributed by atoms with Crippen LogP contribution in [0, 0.1) is 5.92 Å². The monoisotopic (exact) mass is 411 g/mol. The number of carbonyl (C=O) groups is 1. The number of halogens is 1. The highest BCUT2D eigenvalue weighted by molar-refractivity contribution is 6.30. The van der Waals surface area contributed by atoms with Gasteiger partial charge in [0, 0.05) is 22.7 Å². The van der Waals surface area contributed by atoms with Crippen LogP contribution < -0.4 is 5.32 Å². The molecule has 0 bridgehead atoms. The molecule has 7 nitrogen and oxygen atoms in total. The molecule has 1 saturated heterocycles. The molecule has 0 saturated carbocycles. The quantitative estimate of drug-likeness (QED) is 0.677. The fraction of sp³-hybridized carbons (Fsp3) is 0.333. The molecular weight excluding hydrogens is 390 g/mol. The van der Waals surface area contributed by atoms with Crippen LogP contribution >= 0.6 is 11.6 Å². The maximum atomic E-state index is 12.5. The Kier molecular flexibility index (Phi) is 5.87. The van der Waals surface area contributed by atoms with Gasteiger partial charge in [-0.2, -0.15) is 0 Å². The Hall–Kier alpha value is -2.77. The van der Waals surface area contributed by atoms with Crippen LogP contribution in [0.1, 0.15) is 31.7 Å². The predicted molar refractivity (Wildman–Crippen MR) is 110 cm³/mol. The summed E-state index contributed by atoms with van der Waals surface area (Å²) in [6, 6.07) is 12.8. The van der Waals surface area contributed by atoms with Crippen molar-refractivity contribution in [1.82, 2.24) is 20.1 Å². The molecule has 0 radical (unpaired) electrons. The number of anilines is 1. The van der Waals surface area contributed by atoms with Gasteiger partial charge < -0.3 is 9.73 Å². The number of aromatic nitrogens is 3. The van der Waals surface area contributed by atoms with E-state index in [9.17, 15) is 4.79 Å². The van der Waals surface area contributed by atoms with Crippen LogP contribution in [0.3, 0.4) is 0 Å². The third kappa shape index (κ3) is 4.63. The molecule has 29 heavy (non-hydrogen) atoms. The summed E-state index contributed by atoms with van der Waals surface area (Å²) in [5, 5.41) is 11.9.